The van der Waals surface area contributed by atoms with E-state index in [1.54, 1.807) is 0 Å². The van der Waals surface area contributed by atoms with Crippen molar-refractivity contribution in [3.8, 4) is 0 Å². The number of hydrogen-bond donors (Lipinski definition) is 3. The van der Waals surface area contributed by atoms with E-state index >= 15 is 0 Å². The number of esters is 4. The topological polar surface area (TPSA) is 237 Å². The van der Waals surface area contributed by atoms with Gasteiger partial charge < -0.3 is 33.8 Å². The van der Waals surface area contributed by atoms with Gasteiger partial charge in [0.1, 0.15) is 19.3 Å². The highest BCUT2D eigenvalue weighted by Crippen LogP contribution is 2.45. The number of carbonyl (C=O) groups is 4. The Morgan fingerprint density at radius 1 is 0.309 bits per heavy atom. The number of phosphoric acid groups is 2. The van der Waals surface area contributed by atoms with Gasteiger partial charge in [-0.3, -0.25) is 37.3 Å². The highest BCUT2D eigenvalue weighted by Gasteiger charge is 2.30. The average Bonchev–Trinajstić information content (AvgIpc) is 1.61. The molecule has 0 aliphatic rings. The molecule has 6 atom stereocenters. The third-order valence-electron chi connectivity index (χ3n) is 17.7. The summed E-state index contributed by atoms with van der Waals surface area (Å²) >= 11 is 0. The molecule has 558 valence electrons. The number of phosphoric ester groups is 2. The molecule has 17 nitrogen and oxygen atoms in total. The number of carbonyl (C=O) groups excluding carboxylic acids is 4. The second-order valence-corrected chi connectivity index (χ2v) is 31.1. The fourth-order valence-electron chi connectivity index (χ4n) is 11.4. The molecule has 0 aromatic carbocycles. The quantitative estimate of drug-likeness (QED) is 0.0222. The average molecular weight is 1380 g/mol. The zero-order valence-corrected chi connectivity index (χ0v) is 63.2. The maximum atomic E-state index is 13.1. The van der Waals surface area contributed by atoms with E-state index in [1.807, 2.05) is 0 Å². The molecule has 0 aromatic rings. The largest absolute Gasteiger partial charge is 0.472 e. The van der Waals surface area contributed by atoms with E-state index in [0.29, 0.717) is 25.7 Å². The van der Waals surface area contributed by atoms with Crippen molar-refractivity contribution in [2.75, 3.05) is 39.6 Å². The van der Waals surface area contributed by atoms with Crippen molar-refractivity contribution in [1.82, 2.24) is 0 Å². The van der Waals surface area contributed by atoms with Crippen LogP contribution in [0.3, 0.4) is 0 Å². The van der Waals surface area contributed by atoms with Gasteiger partial charge in [0.15, 0.2) is 12.2 Å². The van der Waals surface area contributed by atoms with Crippen molar-refractivity contribution in [3.63, 3.8) is 0 Å². The molecule has 0 heterocycles. The molecule has 0 aliphatic heterocycles. The number of rotatable bonds is 73. The van der Waals surface area contributed by atoms with E-state index in [1.165, 1.54) is 193 Å². The van der Waals surface area contributed by atoms with Crippen LogP contribution in [-0.4, -0.2) is 96.7 Å². The summed E-state index contributed by atoms with van der Waals surface area (Å²) in [7, 11) is -9.91. The van der Waals surface area contributed by atoms with Crippen molar-refractivity contribution >= 4 is 39.5 Å². The number of ether oxygens (including phenoxy) is 4. The summed E-state index contributed by atoms with van der Waals surface area (Å²) in [6.07, 6.45) is 51.2. The molecule has 3 N–H and O–H groups in total. The van der Waals surface area contributed by atoms with E-state index in [2.05, 4.69) is 48.5 Å². The molecule has 0 bridgehead atoms. The molecule has 0 radical (unpaired) electrons. The van der Waals surface area contributed by atoms with Crippen LogP contribution in [0.2, 0.25) is 0 Å². The van der Waals surface area contributed by atoms with Crippen molar-refractivity contribution in [2.24, 2.45) is 17.8 Å². The summed E-state index contributed by atoms with van der Waals surface area (Å²) in [5.41, 5.74) is 0. The number of aliphatic hydroxyl groups excluding tert-OH is 1. The minimum atomic E-state index is -4.96. The fourth-order valence-corrected chi connectivity index (χ4v) is 13.0. The Labute approximate surface area is 575 Å². The van der Waals surface area contributed by atoms with Crippen LogP contribution in [0, 0.1) is 17.8 Å². The maximum Gasteiger partial charge on any atom is 0.472 e. The van der Waals surface area contributed by atoms with Crippen LogP contribution in [0.25, 0.3) is 0 Å². The SMILES string of the molecule is CCCCCCCCCCCCCCC(=O)OC[C@H](COP(=O)(O)OC[C@H](O)COP(=O)(O)OC[C@@H](COC(=O)CCCCCCCCCCCC(C)C)OC(=O)CCCCCCCCCCCCCCCCCC(C)C)OC(=O)CCCCCCCCCCC(C)CC. The summed E-state index contributed by atoms with van der Waals surface area (Å²) in [6.45, 7) is 11.9. The highest BCUT2D eigenvalue weighted by atomic mass is 31.2. The highest BCUT2D eigenvalue weighted by molar-refractivity contribution is 7.47. The van der Waals surface area contributed by atoms with Gasteiger partial charge in [-0.1, -0.05) is 331 Å². The van der Waals surface area contributed by atoms with E-state index in [-0.39, 0.29) is 25.7 Å². The van der Waals surface area contributed by atoms with Gasteiger partial charge in [-0.25, -0.2) is 9.13 Å². The Kier molecular flexibility index (Phi) is 64.3. The van der Waals surface area contributed by atoms with Gasteiger partial charge >= 0.3 is 39.5 Å². The number of hydrogen-bond acceptors (Lipinski definition) is 15. The summed E-state index contributed by atoms with van der Waals surface area (Å²) in [5, 5.41) is 10.6. The van der Waals surface area contributed by atoms with E-state index in [4.69, 9.17) is 37.0 Å². The first-order chi connectivity index (χ1) is 45.3. The van der Waals surface area contributed by atoms with Crippen LogP contribution in [-0.2, 0) is 65.4 Å². The Morgan fingerprint density at radius 3 is 0.809 bits per heavy atom. The standard InChI is InChI=1S/C75H146O17P2/c1-8-10-11-12-13-14-15-22-27-35-42-49-56-72(77)85-63-71(92-75(80)59-52-45-38-31-30-34-41-48-55-68(7)9-2)65-90-94(83,84)88-61-69(76)60-87-93(81,82)89-64-70(62-86-73(78)57-50-43-36-29-24-26-33-40-47-54-67(5)6)91-74(79)58-51-44-37-28-23-20-18-16-17-19-21-25-32-39-46-53-66(3)4/h66-71,76H,8-65H2,1-7H3,(H,81,82)(H,83,84)/t68?,69-,70-,71-/m1/s1. The molecule has 0 saturated heterocycles. The monoisotopic (exact) mass is 1380 g/mol. The van der Waals surface area contributed by atoms with E-state index < -0.39 is 97.5 Å². The molecule has 0 fully saturated rings. The maximum absolute atomic E-state index is 13.1. The third-order valence-corrected chi connectivity index (χ3v) is 19.6. The lowest BCUT2D eigenvalue weighted by Gasteiger charge is -2.21. The van der Waals surface area contributed by atoms with Crippen molar-refractivity contribution in [3.05, 3.63) is 0 Å². The van der Waals surface area contributed by atoms with Crippen molar-refractivity contribution < 1.29 is 80.2 Å². The van der Waals surface area contributed by atoms with Crippen LogP contribution in [0.5, 0.6) is 0 Å². The minimum absolute atomic E-state index is 0.105. The van der Waals surface area contributed by atoms with Crippen LogP contribution >= 0.6 is 15.6 Å². The Morgan fingerprint density at radius 2 is 0.543 bits per heavy atom. The van der Waals surface area contributed by atoms with Crippen LogP contribution < -0.4 is 0 Å². The minimum Gasteiger partial charge on any atom is -0.462 e. The molecular weight excluding hydrogens is 1230 g/mol. The van der Waals surface area contributed by atoms with Gasteiger partial charge in [0.05, 0.1) is 26.4 Å². The van der Waals surface area contributed by atoms with Gasteiger partial charge in [0.2, 0.25) is 0 Å². The van der Waals surface area contributed by atoms with Gasteiger partial charge in [0, 0.05) is 25.7 Å². The molecule has 0 amide bonds. The van der Waals surface area contributed by atoms with Crippen LogP contribution in [0.1, 0.15) is 382 Å². The zero-order valence-electron chi connectivity index (χ0n) is 61.4. The molecule has 0 rings (SSSR count). The lowest BCUT2D eigenvalue weighted by atomic mass is 9.99. The van der Waals surface area contributed by atoms with Crippen molar-refractivity contribution in [2.45, 2.75) is 401 Å². The second kappa shape index (κ2) is 65.7. The smallest absolute Gasteiger partial charge is 0.462 e. The Bertz CT molecular complexity index is 1840. The Hall–Kier alpha value is -1.94. The van der Waals surface area contributed by atoms with Gasteiger partial charge in [-0.15, -0.1) is 0 Å². The first-order valence-electron chi connectivity index (χ1n) is 38.9. The summed E-state index contributed by atoms with van der Waals surface area (Å²) < 4.78 is 68.5. The molecule has 0 aliphatic carbocycles. The molecule has 0 aromatic heterocycles. The van der Waals surface area contributed by atoms with Gasteiger partial charge in [-0.2, -0.15) is 0 Å². The van der Waals surface area contributed by atoms with Crippen LogP contribution in [0.4, 0.5) is 0 Å². The third kappa shape index (κ3) is 67.3. The first-order valence-corrected chi connectivity index (χ1v) is 41.9. The van der Waals surface area contributed by atoms with Gasteiger partial charge in [-0.05, 0) is 43.4 Å². The molecule has 94 heavy (non-hydrogen) atoms. The summed E-state index contributed by atoms with van der Waals surface area (Å²) in [6, 6.07) is 0. The first kappa shape index (κ1) is 92.1. The zero-order chi connectivity index (χ0) is 69.4. The molecular formula is C75H146O17P2. The predicted octanol–water partition coefficient (Wildman–Crippen LogP) is 21.8. The van der Waals surface area contributed by atoms with Crippen molar-refractivity contribution in [1.29, 1.82) is 0 Å². The van der Waals surface area contributed by atoms with E-state index in [0.717, 1.165) is 108 Å². The lowest BCUT2D eigenvalue weighted by molar-refractivity contribution is -0.161. The number of aliphatic hydroxyl groups is 1. The Balaban J connectivity index is 5.25. The van der Waals surface area contributed by atoms with E-state index in [9.17, 15) is 43.2 Å². The van der Waals surface area contributed by atoms with Crippen LogP contribution in [0.15, 0.2) is 0 Å². The molecule has 0 saturated carbocycles. The molecule has 3 unspecified atom stereocenters. The molecule has 0 spiro atoms. The number of unbranched alkanes of at least 4 members (excludes halogenated alkanes) is 40. The lowest BCUT2D eigenvalue weighted by Crippen LogP contribution is -2.30. The summed E-state index contributed by atoms with van der Waals surface area (Å²) in [4.78, 5) is 72.8. The second-order valence-electron chi connectivity index (χ2n) is 28.2. The molecule has 19 heteroatoms. The fraction of sp³-hybridized carbons (Fsp3) is 0.947. The van der Waals surface area contributed by atoms with Gasteiger partial charge in [0.25, 0.3) is 0 Å². The summed E-state index contributed by atoms with van der Waals surface area (Å²) in [5.74, 6) is 0.196. The predicted molar refractivity (Wildman–Crippen MR) is 381 cm³/mol. The normalized spacial score (nSPS) is 14.4.